The maximum atomic E-state index is 14.2. The SMILES string of the molecule is C=CCc1cccc(CC=C)c1Nc1ccc(Nc2c(CC=C)cccc2CC=C)c2c1C(=O)c1ccccc1C2=O. The van der Waals surface area contributed by atoms with Gasteiger partial charge in [0.2, 0.25) is 0 Å². The average molecular weight is 551 g/mol. The van der Waals surface area contributed by atoms with E-state index in [0.29, 0.717) is 59.3 Å². The Bertz CT molecular complexity index is 1560. The number of para-hydroxylation sites is 2. The number of rotatable bonds is 12. The number of fused-ring (bicyclic) bond motifs is 2. The number of carbonyl (C=O) groups excluding carboxylic acids is 2. The minimum Gasteiger partial charge on any atom is -0.354 e. The maximum Gasteiger partial charge on any atom is 0.196 e. The van der Waals surface area contributed by atoms with Gasteiger partial charge in [-0.05, 0) is 60.1 Å². The van der Waals surface area contributed by atoms with Crippen LogP contribution in [-0.2, 0) is 25.7 Å². The van der Waals surface area contributed by atoms with E-state index in [2.05, 4.69) is 36.9 Å². The molecule has 1 aliphatic rings. The van der Waals surface area contributed by atoms with Gasteiger partial charge in [0.1, 0.15) is 0 Å². The van der Waals surface area contributed by atoms with E-state index in [1.165, 1.54) is 0 Å². The summed E-state index contributed by atoms with van der Waals surface area (Å²) >= 11 is 0. The Labute approximate surface area is 247 Å². The third-order valence-electron chi connectivity index (χ3n) is 7.53. The largest absolute Gasteiger partial charge is 0.354 e. The Hall–Kier alpha value is -5.22. The van der Waals surface area contributed by atoms with E-state index in [4.69, 9.17) is 0 Å². The molecule has 0 unspecified atom stereocenters. The molecule has 0 bridgehead atoms. The van der Waals surface area contributed by atoms with Crippen LogP contribution >= 0.6 is 0 Å². The van der Waals surface area contributed by atoms with E-state index in [1.807, 2.05) is 72.8 Å². The first-order chi connectivity index (χ1) is 20.5. The summed E-state index contributed by atoms with van der Waals surface area (Å²) in [5.74, 6) is -0.382. The summed E-state index contributed by atoms with van der Waals surface area (Å²) in [6.07, 6.45) is 10.0. The second kappa shape index (κ2) is 12.5. The molecule has 4 nitrogen and oxygen atoms in total. The summed E-state index contributed by atoms with van der Waals surface area (Å²) in [7, 11) is 0. The molecule has 0 spiro atoms. The molecule has 0 amide bonds. The Balaban J connectivity index is 1.72. The van der Waals surface area contributed by atoms with E-state index in [0.717, 1.165) is 33.6 Å². The fourth-order valence-corrected chi connectivity index (χ4v) is 5.63. The van der Waals surface area contributed by atoms with Crippen LogP contribution in [0.2, 0.25) is 0 Å². The van der Waals surface area contributed by atoms with Crippen LogP contribution in [0, 0.1) is 0 Å². The molecule has 1 aliphatic carbocycles. The minimum absolute atomic E-state index is 0.191. The standard InChI is InChI=1S/C38H34N2O2/c1-5-13-25-17-11-18-26(14-6-2)35(25)39-31-23-24-32(40-36-27(15-7-3)19-12-20-28(36)16-8-4)34-33(31)37(41)29-21-9-10-22-30(29)38(34)42/h5-12,17-24,39-40H,1-4,13-16H2. The van der Waals surface area contributed by atoms with Gasteiger partial charge in [-0.1, -0.05) is 85.0 Å². The molecule has 5 rings (SSSR count). The lowest BCUT2D eigenvalue weighted by Gasteiger charge is -2.26. The van der Waals surface area contributed by atoms with Crippen molar-refractivity contribution >= 4 is 34.3 Å². The topological polar surface area (TPSA) is 58.2 Å². The van der Waals surface area contributed by atoms with Crippen molar-refractivity contribution in [3.05, 3.63) is 168 Å². The fourth-order valence-electron chi connectivity index (χ4n) is 5.63. The lowest BCUT2D eigenvalue weighted by atomic mass is 9.82. The van der Waals surface area contributed by atoms with Crippen LogP contribution in [0.1, 0.15) is 54.1 Å². The number of carbonyl (C=O) groups is 2. The lowest BCUT2D eigenvalue weighted by Crippen LogP contribution is -2.23. The molecule has 42 heavy (non-hydrogen) atoms. The number of allylic oxidation sites excluding steroid dienone is 4. The van der Waals surface area contributed by atoms with Crippen molar-refractivity contribution in [2.24, 2.45) is 0 Å². The van der Waals surface area contributed by atoms with E-state index >= 15 is 0 Å². The highest BCUT2D eigenvalue weighted by Crippen LogP contribution is 2.40. The molecular formula is C38H34N2O2. The molecule has 208 valence electrons. The molecule has 0 fully saturated rings. The molecule has 4 heteroatoms. The molecular weight excluding hydrogens is 516 g/mol. The average Bonchev–Trinajstić information content (AvgIpc) is 3.00. The van der Waals surface area contributed by atoms with Gasteiger partial charge in [-0.25, -0.2) is 0 Å². The van der Waals surface area contributed by atoms with Gasteiger partial charge in [-0.3, -0.25) is 9.59 Å². The van der Waals surface area contributed by atoms with Gasteiger partial charge in [0.25, 0.3) is 0 Å². The van der Waals surface area contributed by atoms with Crippen molar-refractivity contribution < 1.29 is 9.59 Å². The predicted octanol–water partition coefficient (Wildman–Crippen LogP) is 8.86. The van der Waals surface area contributed by atoms with Crippen molar-refractivity contribution in [3.8, 4) is 0 Å². The summed E-state index contributed by atoms with van der Waals surface area (Å²) in [5, 5.41) is 7.10. The number of anilines is 4. The van der Waals surface area contributed by atoms with Gasteiger partial charge in [0.05, 0.1) is 22.5 Å². The fraction of sp³-hybridized carbons (Fsp3) is 0.105. The molecule has 0 aliphatic heterocycles. The van der Waals surface area contributed by atoms with Crippen LogP contribution in [0.4, 0.5) is 22.7 Å². The van der Waals surface area contributed by atoms with Crippen molar-refractivity contribution in [2.75, 3.05) is 10.6 Å². The quantitative estimate of drug-likeness (QED) is 0.152. The van der Waals surface area contributed by atoms with Crippen molar-refractivity contribution in [1.82, 2.24) is 0 Å². The van der Waals surface area contributed by atoms with Gasteiger partial charge < -0.3 is 10.6 Å². The molecule has 0 radical (unpaired) electrons. The van der Waals surface area contributed by atoms with Crippen molar-refractivity contribution in [2.45, 2.75) is 25.7 Å². The first-order valence-corrected chi connectivity index (χ1v) is 14.1. The van der Waals surface area contributed by atoms with E-state index < -0.39 is 0 Å². The van der Waals surface area contributed by atoms with Gasteiger partial charge in [-0.15, -0.1) is 26.3 Å². The molecule has 2 N–H and O–H groups in total. The number of nitrogens with one attached hydrogen (secondary N) is 2. The van der Waals surface area contributed by atoms with Gasteiger partial charge in [-0.2, -0.15) is 0 Å². The highest BCUT2D eigenvalue weighted by Gasteiger charge is 2.34. The zero-order valence-electron chi connectivity index (χ0n) is 23.7. The van der Waals surface area contributed by atoms with Gasteiger partial charge in [0, 0.05) is 22.5 Å². The molecule has 0 saturated carbocycles. The first-order valence-electron chi connectivity index (χ1n) is 14.1. The number of benzene rings is 4. The minimum atomic E-state index is -0.191. The summed E-state index contributed by atoms with van der Waals surface area (Å²) in [5.41, 5.74) is 8.64. The van der Waals surface area contributed by atoms with E-state index in [-0.39, 0.29) is 11.6 Å². The van der Waals surface area contributed by atoms with E-state index in [9.17, 15) is 9.59 Å². The molecule has 0 atom stereocenters. The van der Waals surface area contributed by atoms with Gasteiger partial charge >= 0.3 is 0 Å². The number of ketones is 2. The number of hydrogen-bond acceptors (Lipinski definition) is 4. The summed E-state index contributed by atoms with van der Waals surface area (Å²) < 4.78 is 0. The zero-order chi connectivity index (χ0) is 29.6. The molecule has 0 heterocycles. The zero-order valence-corrected chi connectivity index (χ0v) is 23.7. The highest BCUT2D eigenvalue weighted by atomic mass is 16.1. The van der Waals surface area contributed by atoms with E-state index in [1.54, 1.807) is 24.3 Å². The monoisotopic (exact) mass is 550 g/mol. The van der Waals surface area contributed by atoms with Gasteiger partial charge in [0.15, 0.2) is 11.6 Å². The van der Waals surface area contributed by atoms with Crippen LogP contribution in [-0.4, -0.2) is 11.6 Å². The Morgan fingerprint density at radius 3 is 1.12 bits per heavy atom. The summed E-state index contributed by atoms with van der Waals surface area (Å²) in [4.78, 5) is 28.3. The Morgan fingerprint density at radius 1 is 0.476 bits per heavy atom. The normalized spacial score (nSPS) is 11.7. The summed E-state index contributed by atoms with van der Waals surface area (Å²) in [6.45, 7) is 15.7. The summed E-state index contributed by atoms with van der Waals surface area (Å²) in [6, 6.07) is 23.0. The van der Waals surface area contributed by atoms with Crippen LogP contribution < -0.4 is 10.6 Å². The molecule has 0 saturated heterocycles. The lowest BCUT2D eigenvalue weighted by molar-refractivity contribution is 0.0980. The third kappa shape index (κ3) is 5.27. The molecule has 0 aromatic heterocycles. The Kier molecular flexibility index (Phi) is 8.44. The maximum absolute atomic E-state index is 14.2. The molecule has 4 aromatic rings. The molecule has 4 aromatic carbocycles. The first kappa shape index (κ1) is 28.3. The second-order valence-electron chi connectivity index (χ2n) is 10.2. The smallest absolute Gasteiger partial charge is 0.196 e. The Morgan fingerprint density at radius 2 is 0.810 bits per heavy atom. The van der Waals surface area contributed by atoms with Crippen molar-refractivity contribution in [1.29, 1.82) is 0 Å². The third-order valence-corrected chi connectivity index (χ3v) is 7.53. The van der Waals surface area contributed by atoms with Crippen molar-refractivity contribution in [3.63, 3.8) is 0 Å². The predicted molar refractivity (Wildman–Crippen MR) is 175 cm³/mol. The van der Waals surface area contributed by atoms with Crippen LogP contribution in [0.15, 0.2) is 123 Å². The van der Waals surface area contributed by atoms with Crippen LogP contribution in [0.5, 0.6) is 0 Å². The van der Waals surface area contributed by atoms with Crippen LogP contribution in [0.25, 0.3) is 0 Å². The number of hydrogen-bond donors (Lipinski definition) is 2. The van der Waals surface area contributed by atoms with Crippen LogP contribution in [0.3, 0.4) is 0 Å². The second-order valence-corrected chi connectivity index (χ2v) is 10.2. The highest BCUT2D eigenvalue weighted by molar-refractivity contribution is 6.32.